The molecule has 2 aromatic carbocycles. The van der Waals surface area contributed by atoms with Crippen LogP contribution in [-0.2, 0) is 16.0 Å². The van der Waals surface area contributed by atoms with E-state index in [1.54, 1.807) is 0 Å². The third-order valence-corrected chi connectivity index (χ3v) is 3.51. The van der Waals surface area contributed by atoms with E-state index in [0.717, 1.165) is 22.8 Å². The molecule has 0 spiro atoms. The molecular formula is C18H22N2O4. The van der Waals surface area contributed by atoms with Crippen LogP contribution < -0.4 is 15.4 Å². The van der Waals surface area contributed by atoms with Gasteiger partial charge in [-0.2, -0.15) is 0 Å². The number of nitrogens with one attached hydrogen (secondary N) is 2. The van der Waals surface area contributed by atoms with Gasteiger partial charge >= 0.3 is 0 Å². The van der Waals surface area contributed by atoms with Gasteiger partial charge in [0, 0.05) is 20.0 Å². The van der Waals surface area contributed by atoms with Crippen LogP contribution in [0.2, 0.25) is 0 Å². The molecule has 0 fully saturated rings. The molecule has 24 heavy (non-hydrogen) atoms. The second kappa shape index (κ2) is 8.88. The predicted molar refractivity (Wildman–Crippen MR) is 91.9 cm³/mol. The first-order valence-corrected chi connectivity index (χ1v) is 7.86. The number of ether oxygens (including phenoxy) is 1. The molecule has 0 bridgehead atoms. The minimum atomic E-state index is -0.270. The van der Waals surface area contributed by atoms with Gasteiger partial charge < -0.3 is 20.5 Å². The zero-order valence-electron chi connectivity index (χ0n) is 13.7. The second-order valence-corrected chi connectivity index (χ2v) is 5.40. The average molecular weight is 330 g/mol. The fourth-order valence-corrected chi connectivity index (χ4v) is 2.41. The van der Waals surface area contributed by atoms with Crippen molar-refractivity contribution in [1.82, 2.24) is 10.6 Å². The molecular weight excluding hydrogens is 308 g/mol. The molecule has 0 atom stereocenters. The standard InChI is InChI=1S/C18H22N2O4/c1-13(22)19-8-7-14-3-2-4-15-11-16(5-6-17(14)15)24-12-18(23)20-9-10-21/h2-6,11,21H,7-10,12H2,1H3,(H,19,22)(H,20,23). The lowest BCUT2D eigenvalue weighted by Crippen LogP contribution is -2.31. The molecule has 0 saturated heterocycles. The van der Waals surface area contributed by atoms with Gasteiger partial charge in [0.05, 0.1) is 6.61 Å². The lowest BCUT2D eigenvalue weighted by molar-refractivity contribution is -0.123. The van der Waals surface area contributed by atoms with Gasteiger partial charge in [0.15, 0.2) is 6.61 Å². The highest BCUT2D eigenvalue weighted by Gasteiger charge is 2.05. The highest BCUT2D eigenvalue weighted by molar-refractivity contribution is 5.87. The number of benzene rings is 2. The van der Waals surface area contributed by atoms with Gasteiger partial charge in [0.2, 0.25) is 5.91 Å². The molecule has 0 saturated carbocycles. The first-order valence-electron chi connectivity index (χ1n) is 7.86. The van der Waals surface area contributed by atoms with Gasteiger partial charge in [0.25, 0.3) is 5.91 Å². The normalized spacial score (nSPS) is 10.4. The number of aliphatic hydroxyl groups excluding tert-OH is 1. The topological polar surface area (TPSA) is 87.7 Å². The van der Waals surface area contributed by atoms with Gasteiger partial charge in [-0.25, -0.2) is 0 Å². The molecule has 0 radical (unpaired) electrons. The van der Waals surface area contributed by atoms with Crippen molar-refractivity contribution in [2.45, 2.75) is 13.3 Å². The maximum absolute atomic E-state index is 11.5. The van der Waals surface area contributed by atoms with Crippen LogP contribution in [-0.4, -0.2) is 43.2 Å². The zero-order chi connectivity index (χ0) is 17.4. The third kappa shape index (κ3) is 5.24. The molecule has 0 aliphatic rings. The monoisotopic (exact) mass is 330 g/mol. The van der Waals surface area contributed by atoms with E-state index in [9.17, 15) is 9.59 Å². The summed E-state index contributed by atoms with van der Waals surface area (Å²) in [6, 6.07) is 11.6. The number of hydrogen-bond donors (Lipinski definition) is 3. The lowest BCUT2D eigenvalue weighted by Gasteiger charge is -2.10. The van der Waals surface area contributed by atoms with Crippen LogP contribution in [0.4, 0.5) is 0 Å². The summed E-state index contributed by atoms with van der Waals surface area (Å²) in [4.78, 5) is 22.4. The van der Waals surface area contributed by atoms with Gasteiger partial charge in [-0.15, -0.1) is 0 Å². The number of fused-ring (bicyclic) bond motifs is 1. The minimum Gasteiger partial charge on any atom is -0.484 e. The fraction of sp³-hybridized carbons (Fsp3) is 0.333. The van der Waals surface area contributed by atoms with Crippen molar-refractivity contribution in [3.63, 3.8) is 0 Å². The van der Waals surface area contributed by atoms with Gasteiger partial charge in [-0.3, -0.25) is 9.59 Å². The number of rotatable bonds is 8. The molecule has 2 amide bonds. The molecule has 0 aliphatic heterocycles. The van der Waals surface area contributed by atoms with E-state index in [4.69, 9.17) is 9.84 Å². The van der Waals surface area contributed by atoms with Crippen LogP contribution in [0.3, 0.4) is 0 Å². The van der Waals surface area contributed by atoms with Crippen LogP contribution in [0.5, 0.6) is 5.75 Å². The molecule has 0 heterocycles. The summed E-state index contributed by atoms with van der Waals surface area (Å²) in [6.07, 6.45) is 0.751. The van der Waals surface area contributed by atoms with Crippen molar-refractivity contribution in [3.05, 3.63) is 42.0 Å². The van der Waals surface area contributed by atoms with E-state index in [1.807, 2.05) is 36.4 Å². The van der Waals surface area contributed by atoms with E-state index >= 15 is 0 Å². The molecule has 2 aromatic rings. The fourth-order valence-electron chi connectivity index (χ4n) is 2.41. The van der Waals surface area contributed by atoms with Crippen LogP contribution >= 0.6 is 0 Å². The van der Waals surface area contributed by atoms with Crippen molar-refractivity contribution in [2.75, 3.05) is 26.3 Å². The quantitative estimate of drug-likeness (QED) is 0.674. The van der Waals surface area contributed by atoms with Crippen LogP contribution in [0, 0.1) is 0 Å². The summed E-state index contributed by atoms with van der Waals surface area (Å²) in [7, 11) is 0. The van der Waals surface area contributed by atoms with E-state index < -0.39 is 0 Å². The van der Waals surface area contributed by atoms with Crippen molar-refractivity contribution >= 4 is 22.6 Å². The molecule has 0 unspecified atom stereocenters. The number of carbonyl (C=O) groups excluding carboxylic acids is 2. The van der Waals surface area contributed by atoms with Gasteiger partial charge in [-0.1, -0.05) is 24.3 Å². The third-order valence-electron chi connectivity index (χ3n) is 3.51. The summed E-state index contributed by atoms with van der Waals surface area (Å²) in [5, 5.41) is 16.1. The molecule has 0 aromatic heterocycles. The zero-order valence-corrected chi connectivity index (χ0v) is 13.7. The van der Waals surface area contributed by atoms with E-state index in [0.29, 0.717) is 12.3 Å². The summed E-state index contributed by atoms with van der Waals surface area (Å²) >= 11 is 0. The smallest absolute Gasteiger partial charge is 0.258 e. The molecule has 2 rings (SSSR count). The summed E-state index contributed by atoms with van der Waals surface area (Å²) in [6.45, 7) is 2.13. The Morgan fingerprint density at radius 3 is 2.71 bits per heavy atom. The van der Waals surface area contributed by atoms with E-state index in [1.165, 1.54) is 6.92 Å². The van der Waals surface area contributed by atoms with Crippen LogP contribution in [0.1, 0.15) is 12.5 Å². The minimum absolute atomic E-state index is 0.0367. The number of aliphatic hydroxyl groups is 1. The Labute approximate surface area is 140 Å². The maximum atomic E-state index is 11.5. The van der Waals surface area contributed by atoms with Crippen LogP contribution in [0.25, 0.3) is 10.8 Å². The molecule has 128 valence electrons. The number of carbonyl (C=O) groups is 2. The lowest BCUT2D eigenvalue weighted by atomic mass is 10.0. The van der Waals surface area contributed by atoms with Gasteiger partial charge in [-0.05, 0) is 34.9 Å². The Bertz CT molecular complexity index is 715. The molecule has 6 nitrogen and oxygen atoms in total. The maximum Gasteiger partial charge on any atom is 0.258 e. The van der Waals surface area contributed by atoms with Gasteiger partial charge in [0.1, 0.15) is 5.75 Å². The predicted octanol–water partition coefficient (Wildman–Crippen LogP) is 1.01. The van der Waals surface area contributed by atoms with E-state index in [2.05, 4.69) is 10.6 Å². The van der Waals surface area contributed by atoms with E-state index in [-0.39, 0.29) is 31.6 Å². The second-order valence-electron chi connectivity index (χ2n) is 5.40. The van der Waals surface area contributed by atoms with Crippen molar-refractivity contribution in [3.8, 4) is 5.75 Å². The Kier molecular flexibility index (Phi) is 6.57. The van der Waals surface area contributed by atoms with Crippen LogP contribution in [0.15, 0.2) is 36.4 Å². The highest BCUT2D eigenvalue weighted by Crippen LogP contribution is 2.24. The first-order chi connectivity index (χ1) is 11.6. The Balaban J connectivity index is 2.03. The highest BCUT2D eigenvalue weighted by atomic mass is 16.5. The number of amides is 2. The number of hydrogen-bond acceptors (Lipinski definition) is 4. The summed E-state index contributed by atoms with van der Waals surface area (Å²) in [5.41, 5.74) is 1.15. The van der Waals surface area contributed by atoms with Crippen molar-refractivity contribution in [1.29, 1.82) is 0 Å². The molecule has 6 heteroatoms. The Morgan fingerprint density at radius 1 is 1.12 bits per heavy atom. The van der Waals surface area contributed by atoms with Crippen molar-refractivity contribution in [2.24, 2.45) is 0 Å². The molecule has 0 aliphatic carbocycles. The van der Waals surface area contributed by atoms with Crippen molar-refractivity contribution < 1.29 is 19.4 Å². The molecule has 3 N–H and O–H groups in total. The first kappa shape index (κ1) is 17.7. The Morgan fingerprint density at radius 2 is 1.96 bits per heavy atom. The summed E-state index contributed by atoms with van der Waals surface area (Å²) < 4.78 is 5.47. The SMILES string of the molecule is CC(=O)NCCc1cccc2cc(OCC(=O)NCCO)ccc12. The Hall–Kier alpha value is -2.60. The largest absolute Gasteiger partial charge is 0.484 e. The summed E-state index contributed by atoms with van der Waals surface area (Å²) in [5.74, 6) is 0.305. The average Bonchev–Trinajstić information content (AvgIpc) is 2.57.